The van der Waals surface area contributed by atoms with Crippen LogP contribution in [0, 0.1) is 5.82 Å². The van der Waals surface area contributed by atoms with Gasteiger partial charge in [-0.3, -0.25) is 0 Å². The number of rotatable bonds is 3. The Labute approximate surface area is 135 Å². The molecule has 0 bridgehead atoms. The molecule has 0 aromatic heterocycles. The van der Waals surface area contributed by atoms with Gasteiger partial charge >= 0.3 is 6.09 Å². The predicted octanol–water partition coefficient (Wildman–Crippen LogP) is 3.58. The fourth-order valence-corrected chi connectivity index (χ4v) is 2.53. The fourth-order valence-electron chi connectivity index (χ4n) is 2.33. The summed E-state index contributed by atoms with van der Waals surface area (Å²) >= 11 is 5.76. The second-order valence-electron chi connectivity index (χ2n) is 6.54. The highest BCUT2D eigenvalue weighted by molar-refractivity contribution is 6.30. The lowest BCUT2D eigenvalue weighted by Crippen LogP contribution is -2.38. The number of carbonyl (C=O) groups excluding carboxylic acids is 1. The highest BCUT2D eigenvalue weighted by Gasteiger charge is 2.29. The molecule has 4 nitrogen and oxygen atoms in total. The molecular weight excluding hydrogens is 307 g/mol. The Bertz CT molecular complexity index is 545. The van der Waals surface area contributed by atoms with Crippen LogP contribution >= 0.6 is 11.6 Å². The highest BCUT2D eigenvalue weighted by Crippen LogP contribution is 2.18. The van der Waals surface area contributed by atoms with E-state index >= 15 is 0 Å². The zero-order chi connectivity index (χ0) is 16.3. The number of benzene rings is 1. The minimum atomic E-state index is -0.479. The molecule has 0 spiro atoms. The predicted molar refractivity (Wildman–Crippen MR) is 84.5 cm³/mol. The van der Waals surface area contributed by atoms with Gasteiger partial charge in [0.15, 0.2) is 0 Å². The quantitative estimate of drug-likeness (QED) is 0.922. The summed E-state index contributed by atoms with van der Waals surface area (Å²) in [5.41, 5.74) is 0.440. The Hall–Kier alpha value is -1.33. The first-order valence-electron chi connectivity index (χ1n) is 7.40. The van der Waals surface area contributed by atoms with Gasteiger partial charge in [-0.25, -0.2) is 9.18 Å². The number of hydrogen-bond acceptors (Lipinski definition) is 3. The molecular formula is C16H22ClFN2O2. The molecule has 1 aliphatic rings. The molecule has 1 aromatic carbocycles. The Morgan fingerprint density at radius 2 is 2.23 bits per heavy atom. The van der Waals surface area contributed by atoms with Gasteiger partial charge < -0.3 is 15.0 Å². The fraction of sp³-hybridized carbons (Fsp3) is 0.562. The summed E-state index contributed by atoms with van der Waals surface area (Å²) in [7, 11) is 0. The first kappa shape index (κ1) is 17.0. The van der Waals surface area contributed by atoms with Gasteiger partial charge in [0.25, 0.3) is 0 Å². The standard InChI is InChI=1S/C16H22ClFN2O2/c1-16(2,3)22-15(21)20-7-6-12(10-20)19-9-11-4-5-14(18)13(17)8-11/h4-5,8,12,19H,6-7,9-10H2,1-3H3. The topological polar surface area (TPSA) is 41.6 Å². The van der Waals surface area contributed by atoms with Crippen molar-refractivity contribution in [2.24, 2.45) is 0 Å². The molecule has 1 amide bonds. The molecule has 1 aliphatic heterocycles. The van der Waals surface area contributed by atoms with E-state index < -0.39 is 11.4 Å². The number of carbonyl (C=O) groups is 1. The lowest BCUT2D eigenvalue weighted by atomic mass is 10.2. The van der Waals surface area contributed by atoms with Crippen LogP contribution in [0.3, 0.4) is 0 Å². The van der Waals surface area contributed by atoms with E-state index in [-0.39, 0.29) is 17.2 Å². The maximum absolute atomic E-state index is 13.1. The molecule has 22 heavy (non-hydrogen) atoms. The van der Waals surface area contributed by atoms with Gasteiger partial charge in [0, 0.05) is 25.7 Å². The number of hydrogen-bond donors (Lipinski definition) is 1. The van der Waals surface area contributed by atoms with Gasteiger partial charge in [0.2, 0.25) is 0 Å². The van der Waals surface area contributed by atoms with Crippen molar-refractivity contribution in [2.45, 2.75) is 45.4 Å². The first-order chi connectivity index (χ1) is 10.2. The van der Waals surface area contributed by atoms with Gasteiger partial charge in [0.1, 0.15) is 11.4 Å². The van der Waals surface area contributed by atoms with E-state index in [2.05, 4.69) is 5.32 Å². The number of nitrogens with one attached hydrogen (secondary N) is 1. The number of amides is 1. The molecule has 1 fully saturated rings. The average Bonchev–Trinajstić information content (AvgIpc) is 2.87. The zero-order valence-electron chi connectivity index (χ0n) is 13.2. The van der Waals surface area contributed by atoms with Gasteiger partial charge in [-0.2, -0.15) is 0 Å². The third-order valence-electron chi connectivity index (χ3n) is 3.42. The van der Waals surface area contributed by atoms with Gasteiger partial charge in [-0.05, 0) is 44.9 Å². The van der Waals surface area contributed by atoms with E-state index in [0.717, 1.165) is 12.0 Å². The van der Waals surface area contributed by atoms with Crippen LogP contribution in [-0.2, 0) is 11.3 Å². The lowest BCUT2D eigenvalue weighted by Gasteiger charge is -2.24. The Morgan fingerprint density at radius 3 is 2.86 bits per heavy atom. The van der Waals surface area contributed by atoms with E-state index in [1.165, 1.54) is 6.07 Å². The maximum Gasteiger partial charge on any atom is 0.410 e. The number of ether oxygens (including phenoxy) is 1. The molecule has 6 heteroatoms. The maximum atomic E-state index is 13.1. The first-order valence-corrected chi connectivity index (χ1v) is 7.77. The Morgan fingerprint density at radius 1 is 1.50 bits per heavy atom. The van der Waals surface area contributed by atoms with Crippen LogP contribution in [0.25, 0.3) is 0 Å². The summed E-state index contributed by atoms with van der Waals surface area (Å²) in [6, 6.07) is 4.89. The lowest BCUT2D eigenvalue weighted by molar-refractivity contribution is 0.0291. The van der Waals surface area contributed by atoms with E-state index in [1.54, 1.807) is 17.0 Å². The SMILES string of the molecule is CC(C)(C)OC(=O)N1CCC(NCc2ccc(F)c(Cl)c2)C1. The second kappa shape index (κ2) is 6.84. The minimum Gasteiger partial charge on any atom is -0.444 e. The molecule has 122 valence electrons. The van der Waals surface area contributed by atoms with E-state index in [9.17, 15) is 9.18 Å². The van der Waals surface area contributed by atoms with E-state index in [0.29, 0.717) is 19.6 Å². The van der Waals surface area contributed by atoms with Crippen LogP contribution in [0.5, 0.6) is 0 Å². The summed E-state index contributed by atoms with van der Waals surface area (Å²) in [5, 5.41) is 3.49. The minimum absolute atomic E-state index is 0.126. The van der Waals surface area contributed by atoms with E-state index in [1.807, 2.05) is 20.8 Å². The smallest absolute Gasteiger partial charge is 0.410 e. The second-order valence-corrected chi connectivity index (χ2v) is 6.95. The van der Waals surface area contributed by atoms with E-state index in [4.69, 9.17) is 16.3 Å². The molecule has 1 unspecified atom stereocenters. The number of likely N-dealkylation sites (tertiary alicyclic amines) is 1. The van der Waals surface area contributed by atoms with Crippen molar-refractivity contribution in [1.82, 2.24) is 10.2 Å². The summed E-state index contributed by atoms with van der Waals surface area (Å²) in [6.45, 7) is 7.45. The highest BCUT2D eigenvalue weighted by atomic mass is 35.5. The summed E-state index contributed by atoms with van der Waals surface area (Å²) < 4.78 is 18.5. The zero-order valence-corrected chi connectivity index (χ0v) is 13.9. The largest absolute Gasteiger partial charge is 0.444 e. The van der Waals surface area contributed by atoms with Crippen molar-refractivity contribution < 1.29 is 13.9 Å². The van der Waals surface area contributed by atoms with Gasteiger partial charge in [-0.1, -0.05) is 17.7 Å². The molecule has 1 heterocycles. The molecule has 0 radical (unpaired) electrons. The van der Waals surface area contributed by atoms with Crippen LogP contribution in [-0.4, -0.2) is 35.7 Å². The monoisotopic (exact) mass is 328 g/mol. The van der Waals surface area contributed by atoms with Crippen molar-refractivity contribution in [1.29, 1.82) is 0 Å². The number of halogens is 2. The van der Waals surface area contributed by atoms with Crippen LogP contribution < -0.4 is 5.32 Å². The molecule has 0 saturated carbocycles. The van der Waals surface area contributed by atoms with Crippen molar-refractivity contribution in [2.75, 3.05) is 13.1 Å². The van der Waals surface area contributed by atoms with Crippen molar-refractivity contribution in [3.63, 3.8) is 0 Å². The van der Waals surface area contributed by atoms with Crippen LogP contribution in [0.2, 0.25) is 5.02 Å². The van der Waals surface area contributed by atoms with Crippen molar-refractivity contribution >= 4 is 17.7 Å². The molecule has 0 aliphatic carbocycles. The normalized spacial score (nSPS) is 18.6. The summed E-state index contributed by atoms with van der Waals surface area (Å²) in [4.78, 5) is 13.7. The summed E-state index contributed by atoms with van der Waals surface area (Å²) in [6.07, 6.45) is 0.593. The summed E-state index contributed by atoms with van der Waals surface area (Å²) in [5.74, 6) is -0.414. The Balaban J connectivity index is 1.81. The average molecular weight is 329 g/mol. The van der Waals surface area contributed by atoms with Crippen molar-refractivity contribution in [3.05, 3.63) is 34.6 Å². The molecule has 1 N–H and O–H groups in total. The molecule has 1 saturated heterocycles. The van der Waals surface area contributed by atoms with Crippen LogP contribution in [0.1, 0.15) is 32.8 Å². The number of nitrogens with zero attached hydrogens (tertiary/aromatic N) is 1. The van der Waals surface area contributed by atoms with Gasteiger partial charge in [-0.15, -0.1) is 0 Å². The molecule has 1 atom stereocenters. The molecule has 2 rings (SSSR count). The third-order valence-corrected chi connectivity index (χ3v) is 3.71. The van der Waals surface area contributed by atoms with Crippen LogP contribution in [0.15, 0.2) is 18.2 Å². The molecule has 1 aromatic rings. The van der Waals surface area contributed by atoms with Crippen LogP contribution in [0.4, 0.5) is 9.18 Å². The van der Waals surface area contributed by atoms with Crippen molar-refractivity contribution in [3.8, 4) is 0 Å². The third kappa shape index (κ3) is 4.85. The Kier molecular flexibility index (Phi) is 5.29. The van der Waals surface area contributed by atoms with Gasteiger partial charge in [0.05, 0.1) is 5.02 Å².